The number of likely N-dealkylation sites (tertiary alicyclic amines) is 1. The van der Waals surface area contributed by atoms with Crippen LogP contribution >= 0.6 is 0 Å². The van der Waals surface area contributed by atoms with Crippen molar-refractivity contribution in [3.05, 3.63) is 42.0 Å². The fraction of sp³-hybridized carbons (Fsp3) is 0.615. The smallest absolute Gasteiger partial charge is 0.251 e. The van der Waals surface area contributed by atoms with Crippen molar-refractivity contribution >= 4 is 17.9 Å². The van der Waals surface area contributed by atoms with Crippen LogP contribution in [0.5, 0.6) is 0 Å². The molecule has 1 aliphatic carbocycles. The molecule has 1 saturated carbocycles. The highest BCUT2D eigenvalue weighted by atomic mass is 16.5. The topological polar surface area (TPSA) is 53.1 Å². The minimum atomic E-state index is -0.223. The standard InChI is InChI=1S/C26H35N3O3/c30-24(29-17-15-27(16-18-29)12-4-8-21-6-2-1-3-7-21)22-20-26(22)10-13-28(14-11-26)25(31)23-9-5-19-32-23/h1-4,6-8,22-23H,5,9-20H2/b8-4+/t22-,23+/m1/s1. The normalized spacial score (nSPS) is 27.9. The fourth-order valence-electron chi connectivity index (χ4n) is 5.67. The highest BCUT2D eigenvalue weighted by Crippen LogP contribution is 2.60. The molecular weight excluding hydrogens is 402 g/mol. The number of hydrogen-bond donors (Lipinski definition) is 0. The van der Waals surface area contributed by atoms with Gasteiger partial charge in [0, 0.05) is 58.3 Å². The number of ether oxygens (including phenoxy) is 1. The third-order valence-corrected chi connectivity index (χ3v) is 7.92. The van der Waals surface area contributed by atoms with Crippen molar-refractivity contribution in [2.45, 2.75) is 38.2 Å². The average molecular weight is 438 g/mol. The molecule has 0 aromatic heterocycles. The minimum Gasteiger partial charge on any atom is -0.368 e. The Morgan fingerprint density at radius 2 is 1.69 bits per heavy atom. The summed E-state index contributed by atoms with van der Waals surface area (Å²) in [4.78, 5) is 32.2. The summed E-state index contributed by atoms with van der Waals surface area (Å²) in [7, 11) is 0. The van der Waals surface area contributed by atoms with Crippen molar-refractivity contribution in [3.63, 3.8) is 0 Å². The van der Waals surface area contributed by atoms with Crippen molar-refractivity contribution < 1.29 is 14.3 Å². The zero-order valence-electron chi connectivity index (χ0n) is 19.0. The third kappa shape index (κ3) is 4.62. The maximum atomic E-state index is 13.2. The number of benzene rings is 1. The van der Waals surface area contributed by atoms with Gasteiger partial charge >= 0.3 is 0 Å². The molecule has 1 spiro atoms. The Morgan fingerprint density at radius 1 is 0.969 bits per heavy atom. The molecule has 2 atom stereocenters. The van der Waals surface area contributed by atoms with E-state index in [1.54, 1.807) is 0 Å². The van der Waals surface area contributed by atoms with Crippen LogP contribution < -0.4 is 0 Å². The van der Waals surface area contributed by atoms with Gasteiger partial charge in [0.25, 0.3) is 5.91 Å². The summed E-state index contributed by atoms with van der Waals surface area (Å²) in [5.74, 6) is 0.689. The molecule has 1 aromatic rings. The third-order valence-electron chi connectivity index (χ3n) is 7.92. The van der Waals surface area contributed by atoms with Gasteiger partial charge in [0.1, 0.15) is 6.10 Å². The van der Waals surface area contributed by atoms with Crippen molar-refractivity contribution in [2.75, 3.05) is 52.4 Å². The van der Waals surface area contributed by atoms with Gasteiger partial charge in [-0.25, -0.2) is 0 Å². The van der Waals surface area contributed by atoms with Crippen LogP contribution in [-0.4, -0.2) is 85.0 Å². The van der Waals surface area contributed by atoms with Crippen molar-refractivity contribution in [1.29, 1.82) is 0 Å². The Bertz CT molecular complexity index is 833. The van der Waals surface area contributed by atoms with Gasteiger partial charge in [0.15, 0.2) is 0 Å². The maximum absolute atomic E-state index is 13.2. The van der Waals surface area contributed by atoms with Crippen molar-refractivity contribution in [1.82, 2.24) is 14.7 Å². The zero-order valence-corrected chi connectivity index (χ0v) is 19.0. The number of carbonyl (C=O) groups excluding carboxylic acids is 2. The molecule has 3 saturated heterocycles. The molecule has 4 aliphatic rings. The lowest BCUT2D eigenvalue weighted by Gasteiger charge is -2.36. The number of amides is 2. The Labute approximate surface area is 191 Å². The predicted octanol–water partition coefficient (Wildman–Crippen LogP) is 2.65. The van der Waals surface area contributed by atoms with Crippen LogP contribution in [0.25, 0.3) is 6.08 Å². The molecule has 32 heavy (non-hydrogen) atoms. The summed E-state index contributed by atoms with van der Waals surface area (Å²) in [5, 5.41) is 0. The lowest BCUT2D eigenvalue weighted by molar-refractivity contribution is -0.142. The number of carbonyl (C=O) groups is 2. The number of nitrogens with zero attached hydrogens (tertiary/aromatic N) is 3. The Morgan fingerprint density at radius 3 is 2.38 bits per heavy atom. The van der Waals surface area contributed by atoms with Crippen molar-refractivity contribution in [3.8, 4) is 0 Å². The van der Waals surface area contributed by atoms with Crippen LogP contribution in [0.2, 0.25) is 0 Å². The minimum absolute atomic E-state index is 0.153. The summed E-state index contributed by atoms with van der Waals surface area (Å²) < 4.78 is 5.57. The Hall–Kier alpha value is -2.18. The van der Waals surface area contributed by atoms with Crippen LogP contribution in [-0.2, 0) is 14.3 Å². The van der Waals surface area contributed by atoms with E-state index >= 15 is 0 Å². The molecule has 2 amide bonds. The molecule has 5 rings (SSSR count). The van der Waals surface area contributed by atoms with Crippen LogP contribution in [0.1, 0.15) is 37.7 Å². The average Bonchev–Trinajstić information content (AvgIpc) is 3.26. The molecule has 6 nitrogen and oxygen atoms in total. The summed E-state index contributed by atoms with van der Waals surface area (Å²) in [6.45, 7) is 6.74. The fourth-order valence-corrected chi connectivity index (χ4v) is 5.67. The Kier molecular flexibility index (Phi) is 6.33. The maximum Gasteiger partial charge on any atom is 0.251 e. The number of rotatable bonds is 5. The lowest BCUT2D eigenvalue weighted by Crippen LogP contribution is -2.50. The molecule has 172 valence electrons. The predicted molar refractivity (Wildman–Crippen MR) is 124 cm³/mol. The molecule has 3 aliphatic heterocycles. The number of hydrogen-bond acceptors (Lipinski definition) is 4. The van der Waals surface area contributed by atoms with Gasteiger partial charge in [-0.3, -0.25) is 14.5 Å². The molecular formula is C26H35N3O3. The van der Waals surface area contributed by atoms with Crippen LogP contribution in [0.4, 0.5) is 0 Å². The van der Waals surface area contributed by atoms with Gasteiger partial charge in [-0.15, -0.1) is 0 Å². The van der Waals surface area contributed by atoms with E-state index in [0.717, 1.165) is 77.9 Å². The highest BCUT2D eigenvalue weighted by Gasteiger charge is 2.59. The van der Waals surface area contributed by atoms with E-state index in [0.29, 0.717) is 12.5 Å². The number of piperazine rings is 1. The van der Waals surface area contributed by atoms with Gasteiger partial charge in [-0.1, -0.05) is 42.5 Å². The first-order valence-corrected chi connectivity index (χ1v) is 12.3. The van der Waals surface area contributed by atoms with Gasteiger partial charge in [0.05, 0.1) is 0 Å². The quantitative estimate of drug-likeness (QED) is 0.711. The largest absolute Gasteiger partial charge is 0.368 e. The molecule has 0 unspecified atom stereocenters. The first kappa shape index (κ1) is 21.7. The van der Waals surface area contributed by atoms with E-state index in [4.69, 9.17) is 4.74 Å². The van der Waals surface area contributed by atoms with Gasteiger partial charge in [-0.05, 0) is 43.1 Å². The van der Waals surface area contributed by atoms with Crippen LogP contribution in [0.15, 0.2) is 36.4 Å². The van der Waals surface area contributed by atoms with Gasteiger partial charge < -0.3 is 14.5 Å². The van der Waals surface area contributed by atoms with Crippen molar-refractivity contribution in [2.24, 2.45) is 11.3 Å². The first-order valence-electron chi connectivity index (χ1n) is 12.3. The second-order valence-corrected chi connectivity index (χ2v) is 9.88. The van der Waals surface area contributed by atoms with E-state index in [1.807, 2.05) is 11.0 Å². The Balaban J connectivity index is 1.05. The van der Waals surface area contributed by atoms with E-state index in [-0.39, 0.29) is 23.3 Å². The molecule has 6 heteroatoms. The molecule has 0 bridgehead atoms. The molecule has 3 heterocycles. The lowest BCUT2D eigenvalue weighted by atomic mass is 9.90. The van der Waals surface area contributed by atoms with Crippen LogP contribution in [0, 0.1) is 11.3 Å². The SMILES string of the molecule is O=C([C@@H]1CCCO1)N1CCC2(CC1)C[C@@H]2C(=O)N1CCN(C/C=C/c2ccccc2)CC1. The second-order valence-electron chi connectivity index (χ2n) is 9.88. The van der Waals surface area contributed by atoms with Gasteiger partial charge in [-0.2, -0.15) is 0 Å². The van der Waals surface area contributed by atoms with E-state index in [1.165, 1.54) is 5.56 Å². The number of piperidine rings is 1. The molecule has 0 N–H and O–H groups in total. The summed E-state index contributed by atoms with van der Waals surface area (Å²) in [5.41, 5.74) is 1.38. The van der Waals surface area contributed by atoms with E-state index in [2.05, 4.69) is 46.2 Å². The first-order chi connectivity index (χ1) is 15.6. The summed E-state index contributed by atoms with van der Waals surface area (Å²) in [6, 6.07) is 10.4. The summed E-state index contributed by atoms with van der Waals surface area (Å²) >= 11 is 0. The van der Waals surface area contributed by atoms with Crippen LogP contribution in [0.3, 0.4) is 0 Å². The van der Waals surface area contributed by atoms with E-state index in [9.17, 15) is 9.59 Å². The van der Waals surface area contributed by atoms with Gasteiger partial charge in [0.2, 0.25) is 5.91 Å². The molecule has 4 fully saturated rings. The highest BCUT2D eigenvalue weighted by molar-refractivity contribution is 5.83. The second kappa shape index (κ2) is 9.36. The monoisotopic (exact) mass is 437 g/mol. The molecule has 1 aromatic carbocycles. The summed E-state index contributed by atoms with van der Waals surface area (Å²) in [6.07, 6.45) is 8.94. The molecule has 0 radical (unpaired) electrons. The van der Waals surface area contributed by atoms with E-state index < -0.39 is 0 Å². The zero-order chi connectivity index (χ0) is 22.0.